The molecule has 35 heavy (non-hydrogen) atoms. The van der Waals surface area contributed by atoms with E-state index in [0.717, 1.165) is 45.2 Å². The fourth-order valence-electron chi connectivity index (χ4n) is 5.82. The Kier molecular flexibility index (Phi) is 10.4. The van der Waals surface area contributed by atoms with Crippen molar-refractivity contribution in [3.05, 3.63) is 23.8 Å². The topological polar surface area (TPSA) is 99.1 Å². The number of hydrogen-bond acceptors (Lipinski definition) is 6. The normalized spacial score (nSPS) is 31.3. The summed E-state index contributed by atoms with van der Waals surface area (Å²) in [5.41, 5.74) is 4.07. The number of carbonyl (C=O) groups is 2. The van der Waals surface area contributed by atoms with Crippen molar-refractivity contribution in [2.24, 2.45) is 29.6 Å². The number of ether oxygens (including phenoxy) is 1. The molecule has 3 N–H and O–H groups in total. The predicted octanol–water partition coefficient (Wildman–Crippen LogP) is 3.76. The quantitative estimate of drug-likeness (QED) is 0.382. The van der Waals surface area contributed by atoms with Gasteiger partial charge < -0.3 is 14.9 Å². The third kappa shape index (κ3) is 7.89. The van der Waals surface area contributed by atoms with E-state index < -0.39 is 12.2 Å². The van der Waals surface area contributed by atoms with Gasteiger partial charge in [0.25, 0.3) is 0 Å². The molecule has 0 saturated carbocycles. The molecule has 1 saturated heterocycles. The maximum atomic E-state index is 12.6. The van der Waals surface area contributed by atoms with Gasteiger partial charge in [-0.2, -0.15) is 0 Å². The Morgan fingerprint density at radius 2 is 1.91 bits per heavy atom. The SMILES string of the molecule is CC[C@H](C)C(=O)OC1C[C@@H](C)C=C2C=C[C@H](C)[C@H](CC[C@@H](O)C[C@@H](O)CC(=O)NN3CCCC3)[C@H]21. The minimum absolute atomic E-state index is 0.00281. The van der Waals surface area contributed by atoms with Crippen LogP contribution in [0.4, 0.5) is 0 Å². The standard InChI is InChI=1S/C28H46N2O5/c1-5-19(3)28(34)35-25-15-18(2)14-21-9-8-20(4)24(27(21)25)11-10-22(31)16-23(32)17-26(33)29-30-12-6-7-13-30/h8-9,14,18-20,22-25,27,31-32H,5-7,10-13,15-17H2,1-4H3,(H,29,33)/t18-,19-,20-,22+,23+,24-,25?,27-/m0/s1. The number of aliphatic hydroxyl groups excluding tert-OH is 2. The monoisotopic (exact) mass is 490 g/mol. The second-order valence-electron chi connectivity index (χ2n) is 11.1. The Bertz CT molecular complexity index is 775. The molecule has 0 aromatic rings. The Morgan fingerprint density at radius 1 is 1.20 bits per heavy atom. The van der Waals surface area contributed by atoms with E-state index in [1.54, 1.807) is 0 Å². The first-order valence-electron chi connectivity index (χ1n) is 13.7. The zero-order chi connectivity index (χ0) is 25.5. The van der Waals surface area contributed by atoms with Gasteiger partial charge in [0.2, 0.25) is 5.91 Å². The van der Waals surface area contributed by atoms with Crippen molar-refractivity contribution in [1.29, 1.82) is 0 Å². The molecule has 0 aromatic carbocycles. The summed E-state index contributed by atoms with van der Waals surface area (Å²) in [5.74, 6) is 0.597. The zero-order valence-corrected chi connectivity index (χ0v) is 22.0. The van der Waals surface area contributed by atoms with Crippen molar-refractivity contribution in [1.82, 2.24) is 10.4 Å². The van der Waals surface area contributed by atoms with Crippen LogP contribution in [0.3, 0.4) is 0 Å². The largest absolute Gasteiger partial charge is 0.461 e. The van der Waals surface area contributed by atoms with E-state index >= 15 is 0 Å². The molecular weight excluding hydrogens is 444 g/mol. The molecule has 3 rings (SSSR count). The molecular formula is C28H46N2O5. The molecule has 3 aliphatic rings. The van der Waals surface area contributed by atoms with E-state index in [4.69, 9.17) is 4.74 Å². The summed E-state index contributed by atoms with van der Waals surface area (Å²) in [6, 6.07) is 0. The summed E-state index contributed by atoms with van der Waals surface area (Å²) in [6.45, 7) is 9.97. The summed E-state index contributed by atoms with van der Waals surface area (Å²) in [6.07, 6.45) is 10.2. The number of amides is 1. The third-order valence-corrected chi connectivity index (χ3v) is 8.06. The second-order valence-corrected chi connectivity index (χ2v) is 11.1. The Balaban J connectivity index is 1.55. The Morgan fingerprint density at radius 3 is 2.60 bits per heavy atom. The molecule has 1 fully saturated rings. The number of fused-ring (bicyclic) bond motifs is 1. The van der Waals surface area contributed by atoms with Gasteiger partial charge in [-0.05, 0) is 68.3 Å². The molecule has 198 valence electrons. The maximum Gasteiger partial charge on any atom is 0.308 e. The van der Waals surface area contributed by atoms with E-state index in [1.165, 1.54) is 5.57 Å². The lowest BCUT2D eigenvalue weighted by molar-refractivity contribution is -0.158. The fourth-order valence-corrected chi connectivity index (χ4v) is 5.82. The average molecular weight is 491 g/mol. The highest BCUT2D eigenvalue weighted by Gasteiger charge is 2.41. The fraction of sp³-hybridized carbons (Fsp3) is 0.786. The number of allylic oxidation sites excluding steroid dienone is 3. The molecule has 2 aliphatic carbocycles. The van der Waals surface area contributed by atoms with Gasteiger partial charge >= 0.3 is 5.97 Å². The van der Waals surface area contributed by atoms with Crippen LogP contribution < -0.4 is 5.43 Å². The number of aliphatic hydroxyl groups is 2. The number of nitrogens with zero attached hydrogens (tertiary/aromatic N) is 1. The second kappa shape index (κ2) is 13.0. The Labute approximate surface area is 211 Å². The average Bonchev–Trinajstić information content (AvgIpc) is 3.30. The van der Waals surface area contributed by atoms with Gasteiger partial charge in [-0.3, -0.25) is 15.0 Å². The number of rotatable bonds is 11. The summed E-state index contributed by atoms with van der Waals surface area (Å²) >= 11 is 0. The molecule has 7 nitrogen and oxygen atoms in total. The number of hydrazine groups is 1. The van der Waals surface area contributed by atoms with Gasteiger partial charge in [0.1, 0.15) is 6.10 Å². The summed E-state index contributed by atoms with van der Waals surface area (Å²) in [4.78, 5) is 24.8. The van der Waals surface area contributed by atoms with E-state index in [2.05, 4.69) is 37.5 Å². The van der Waals surface area contributed by atoms with Crippen LogP contribution in [-0.4, -0.2) is 58.5 Å². The minimum Gasteiger partial charge on any atom is -0.461 e. The van der Waals surface area contributed by atoms with E-state index in [-0.39, 0.29) is 48.6 Å². The summed E-state index contributed by atoms with van der Waals surface area (Å²) in [7, 11) is 0. The molecule has 1 heterocycles. The minimum atomic E-state index is -0.869. The highest BCUT2D eigenvalue weighted by atomic mass is 16.5. The lowest BCUT2D eigenvalue weighted by Gasteiger charge is -2.43. The highest BCUT2D eigenvalue weighted by molar-refractivity contribution is 5.75. The number of carbonyl (C=O) groups excluding carboxylic acids is 2. The van der Waals surface area contributed by atoms with Crippen molar-refractivity contribution in [2.75, 3.05) is 13.1 Å². The first-order chi connectivity index (χ1) is 16.7. The molecule has 1 amide bonds. The lowest BCUT2D eigenvalue weighted by Crippen LogP contribution is -2.42. The summed E-state index contributed by atoms with van der Waals surface area (Å²) < 4.78 is 6.07. The van der Waals surface area contributed by atoms with Crippen LogP contribution >= 0.6 is 0 Å². The lowest BCUT2D eigenvalue weighted by atomic mass is 9.65. The molecule has 0 aromatic heterocycles. The number of hydrogen-bond donors (Lipinski definition) is 3. The van der Waals surface area contributed by atoms with Crippen molar-refractivity contribution < 1.29 is 24.5 Å². The van der Waals surface area contributed by atoms with Crippen LogP contribution in [-0.2, 0) is 14.3 Å². The van der Waals surface area contributed by atoms with Gasteiger partial charge in [0.05, 0.1) is 24.5 Å². The first-order valence-corrected chi connectivity index (χ1v) is 13.7. The third-order valence-electron chi connectivity index (χ3n) is 8.06. The van der Waals surface area contributed by atoms with Gasteiger partial charge in [-0.15, -0.1) is 0 Å². The van der Waals surface area contributed by atoms with Crippen LogP contribution in [0, 0.1) is 29.6 Å². The van der Waals surface area contributed by atoms with Crippen molar-refractivity contribution in [3.8, 4) is 0 Å². The smallest absolute Gasteiger partial charge is 0.308 e. The Hall–Kier alpha value is -1.70. The maximum absolute atomic E-state index is 12.6. The van der Waals surface area contributed by atoms with E-state index in [0.29, 0.717) is 18.3 Å². The van der Waals surface area contributed by atoms with Gasteiger partial charge in [-0.25, -0.2) is 5.01 Å². The van der Waals surface area contributed by atoms with Crippen LogP contribution in [0.1, 0.15) is 79.1 Å². The van der Waals surface area contributed by atoms with Crippen molar-refractivity contribution in [3.63, 3.8) is 0 Å². The number of nitrogens with one attached hydrogen (secondary N) is 1. The molecule has 0 radical (unpaired) electrons. The molecule has 0 spiro atoms. The zero-order valence-electron chi connectivity index (χ0n) is 22.0. The van der Waals surface area contributed by atoms with Crippen LogP contribution in [0.5, 0.6) is 0 Å². The van der Waals surface area contributed by atoms with Gasteiger partial charge in [0, 0.05) is 19.0 Å². The van der Waals surface area contributed by atoms with Gasteiger partial charge in [0.15, 0.2) is 0 Å². The highest BCUT2D eigenvalue weighted by Crippen LogP contribution is 2.45. The molecule has 0 bridgehead atoms. The molecule has 1 unspecified atom stereocenters. The van der Waals surface area contributed by atoms with Crippen molar-refractivity contribution >= 4 is 11.9 Å². The van der Waals surface area contributed by atoms with Crippen LogP contribution in [0.2, 0.25) is 0 Å². The van der Waals surface area contributed by atoms with E-state index in [1.807, 2.05) is 18.9 Å². The molecule has 1 aliphatic heterocycles. The van der Waals surface area contributed by atoms with Crippen molar-refractivity contribution in [2.45, 2.75) is 97.4 Å². The summed E-state index contributed by atoms with van der Waals surface area (Å²) in [5, 5.41) is 22.9. The molecule has 7 heteroatoms. The van der Waals surface area contributed by atoms with E-state index in [9.17, 15) is 19.8 Å². The van der Waals surface area contributed by atoms with Crippen LogP contribution in [0.25, 0.3) is 0 Å². The van der Waals surface area contributed by atoms with Gasteiger partial charge in [-0.1, -0.05) is 45.9 Å². The number of esters is 1. The predicted molar refractivity (Wildman–Crippen MR) is 136 cm³/mol. The first kappa shape index (κ1) is 27.9. The van der Waals surface area contributed by atoms with Crippen LogP contribution in [0.15, 0.2) is 23.8 Å². The molecule has 8 atom stereocenters.